The molecule has 0 saturated carbocycles. The average Bonchev–Trinajstić information content (AvgIpc) is 3.61. The van der Waals surface area contributed by atoms with E-state index in [4.69, 9.17) is 9.47 Å². The quantitative estimate of drug-likeness (QED) is 0.263. The fraction of sp³-hybridized carbons (Fsp3) is 0.188. The van der Waals surface area contributed by atoms with Gasteiger partial charge in [-0.15, -0.1) is 11.3 Å². The van der Waals surface area contributed by atoms with Crippen molar-refractivity contribution in [2.75, 3.05) is 31.0 Å². The predicted molar refractivity (Wildman–Crippen MR) is 160 cm³/mol. The van der Waals surface area contributed by atoms with Crippen molar-refractivity contribution >= 4 is 46.2 Å². The second-order valence-electron chi connectivity index (χ2n) is 9.72. The number of para-hydroxylation sites is 1. The van der Waals surface area contributed by atoms with Gasteiger partial charge in [0.15, 0.2) is 0 Å². The number of fused-ring (bicyclic) bond motifs is 1. The van der Waals surface area contributed by atoms with Crippen molar-refractivity contribution in [2.24, 2.45) is 0 Å². The van der Waals surface area contributed by atoms with Gasteiger partial charge < -0.3 is 19.7 Å². The number of anilines is 2. The first kappa shape index (κ1) is 28.6. The molecule has 4 aromatic rings. The number of thiophene rings is 1. The third kappa shape index (κ3) is 5.75. The number of nitrogens with one attached hydrogen (secondary N) is 1. The average molecular weight is 584 g/mol. The number of carbonyl (C=O) groups excluding carboxylic acids is 4. The molecule has 0 radical (unpaired) electrons. The number of rotatable bonds is 10. The van der Waals surface area contributed by atoms with E-state index in [-0.39, 0.29) is 12.1 Å². The third-order valence-corrected chi connectivity index (χ3v) is 7.93. The van der Waals surface area contributed by atoms with Crippen LogP contribution < -0.4 is 19.7 Å². The van der Waals surface area contributed by atoms with E-state index in [2.05, 4.69) is 5.32 Å². The Balaban J connectivity index is 1.52. The third-order valence-electron chi connectivity index (χ3n) is 7.01. The van der Waals surface area contributed by atoms with Crippen LogP contribution in [0.15, 0.2) is 84.2 Å². The van der Waals surface area contributed by atoms with E-state index in [1.165, 1.54) is 35.4 Å². The van der Waals surface area contributed by atoms with Gasteiger partial charge in [0.1, 0.15) is 24.1 Å². The lowest BCUT2D eigenvalue weighted by Gasteiger charge is -2.32. The molecule has 9 nitrogen and oxygen atoms in total. The van der Waals surface area contributed by atoms with Crippen molar-refractivity contribution in [2.45, 2.75) is 19.5 Å². The minimum Gasteiger partial charge on any atom is -0.497 e. The summed E-state index contributed by atoms with van der Waals surface area (Å²) in [4.78, 5) is 57.0. The molecule has 0 bridgehead atoms. The highest BCUT2D eigenvalue weighted by atomic mass is 32.1. The number of ether oxygens (including phenoxy) is 2. The number of hydrogen-bond acceptors (Lipinski definition) is 7. The number of methoxy groups -OCH3 is 2. The largest absolute Gasteiger partial charge is 0.497 e. The van der Waals surface area contributed by atoms with Gasteiger partial charge in [-0.25, -0.2) is 0 Å². The molecule has 1 aromatic heterocycles. The Hall–Kier alpha value is -4.96. The van der Waals surface area contributed by atoms with E-state index in [0.717, 1.165) is 11.1 Å². The van der Waals surface area contributed by atoms with Crippen molar-refractivity contribution in [3.63, 3.8) is 0 Å². The number of aryl methyl sites for hydroxylation is 1. The zero-order chi connectivity index (χ0) is 29.8. The van der Waals surface area contributed by atoms with E-state index in [1.807, 2.05) is 42.6 Å². The molecule has 214 valence electrons. The Morgan fingerprint density at radius 3 is 2.40 bits per heavy atom. The molecule has 0 saturated heterocycles. The summed E-state index contributed by atoms with van der Waals surface area (Å²) in [5.41, 5.74) is 2.88. The molecule has 1 aliphatic rings. The normalized spacial score (nSPS) is 13.0. The first-order valence-corrected chi connectivity index (χ1v) is 14.0. The Labute approximate surface area is 247 Å². The molecular weight excluding hydrogens is 554 g/mol. The summed E-state index contributed by atoms with van der Waals surface area (Å²) < 4.78 is 10.7. The number of amides is 3. The lowest BCUT2D eigenvalue weighted by Crippen LogP contribution is -2.46. The number of benzene rings is 3. The van der Waals surface area contributed by atoms with Crippen molar-refractivity contribution in [3.05, 3.63) is 106 Å². The van der Waals surface area contributed by atoms with Gasteiger partial charge in [-0.2, -0.15) is 0 Å². The molecule has 3 aromatic carbocycles. The zero-order valence-electron chi connectivity index (χ0n) is 23.3. The number of nitrogens with zero attached hydrogens (tertiary/aromatic N) is 2. The molecule has 1 N–H and O–H groups in total. The van der Waals surface area contributed by atoms with Gasteiger partial charge in [-0.3, -0.25) is 24.1 Å². The Morgan fingerprint density at radius 1 is 0.952 bits per heavy atom. The number of ketones is 1. The van der Waals surface area contributed by atoms with Crippen LogP contribution in [0.2, 0.25) is 0 Å². The fourth-order valence-corrected chi connectivity index (χ4v) is 5.65. The number of Topliss-reactive ketones (excluding diaryl/α,β-unsaturated/α-hetero) is 1. The minimum atomic E-state index is -1.05. The van der Waals surface area contributed by atoms with Gasteiger partial charge in [0.05, 0.1) is 31.2 Å². The first-order chi connectivity index (χ1) is 20.3. The predicted octanol–water partition coefficient (Wildman–Crippen LogP) is 5.01. The Kier molecular flexibility index (Phi) is 8.35. The van der Waals surface area contributed by atoms with Crippen LogP contribution in [0.25, 0.3) is 0 Å². The van der Waals surface area contributed by atoms with Crippen molar-refractivity contribution < 1.29 is 28.7 Å². The van der Waals surface area contributed by atoms with E-state index in [0.29, 0.717) is 27.8 Å². The van der Waals surface area contributed by atoms with Crippen LogP contribution in [-0.2, 0) is 20.9 Å². The molecule has 0 aliphatic carbocycles. The van der Waals surface area contributed by atoms with Crippen LogP contribution in [0.3, 0.4) is 0 Å². The molecule has 0 spiro atoms. The number of carbonyl (C=O) groups is 4. The summed E-state index contributed by atoms with van der Waals surface area (Å²) in [6.07, 6.45) is 0. The highest BCUT2D eigenvalue weighted by Crippen LogP contribution is 2.34. The van der Waals surface area contributed by atoms with Crippen LogP contribution in [0.5, 0.6) is 11.5 Å². The van der Waals surface area contributed by atoms with Crippen molar-refractivity contribution in [1.82, 2.24) is 4.90 Å². The molecule has 10 heteroatoms. The SMILES string of the molecule is COc1ccc(NC(=O)C(c2cccs2)N(Cc2ccc(C)cc2)C(=O)CN2C(=O)C(=O)c3ccccc32)c(OC)c1. The summed E-state index contributed by atoms with van der Waals surface area (Å²) in [5.74, 6) is -1.46. The fourth-order valence-electron chi connectivity index (χ4n) is 4.82. The summed E-state index contributed by atoms with van der Waals surface area (Å²) >= 11 is 1.34. The standard InChI is InChI=1S/C32H29N3O6S/c1-20-10-12-21(13-11-20)18-35(28(36)19-34-25-8-5-4-7-23(25)30(37)32(34)39)29(27-9-6-16-42-27)31(38)33-24-15-14-22(40-2)17-26(24)41-3/h4-17,29H,18-19H2,1-3H3,(H,33,38). The van der Waals surface area contributed by atoms with E-state index < -0.39 is 36.1 Å². The highest BCUT2D eigenvalue weighted by Gasteiger charge is 2.39. The summed E-state index contributed by atoms with van der Waals surface area (Å²) in [6, 6.07) is 21.8. The van der Waals surface area contributed by atoms with Crippen molar-refractivity contribution in [3.8, 4) is 11.5 Å². The van der Waals surface area contributed by atoms with Gasteiger partial charge in [0, 0.05) is 17.5 Å². The van der Waals surface area contributed by atoms with Gasteiger partial charge >= 0.3 is 0 Å². The maximum absolute atomic E-state index is 14.1. The van der Waals surface area contributed by atoms with E-state index in [1.54, 1.807) is 48.5 Å². The molecule has 2 heterocycles. The molecule has 0 fully saturated rings. The smallest absolute Gasteiger partial charge is 0.299 e. The first-order valence-electron chi connectivity index (χ1n) is 13.2. The maximum Gasteiger partial charge on any atom is 0.299 e. The summed E-state index contributed by atoms with van der Waals surface area (Å²) in [5, 5.41) is 4.75. The molecule has 1 atom stereocenters. The second-order valence-corrected chi connectivity index (χ2v) is 10.7. The molecule has 42 heavy (non-hydrogen) atoms. The highest BCUT2D eigenvalue weighted by molar-refractivity contribution is 7.10. The second kappa shape index (κ2) is 12.3. The summed E-state index contributed by atoms with van der Waals surface area (Å²) in [7, 11) is 3.02. The maximum atomic E-state index is 14.1. The number of hydrogen-bond donors (Lipinski definition) is 1. The lowest BCUT2D eigenvalue weighted by atomic mass is 10.1. The van der Waals surface area contributed by atoms with Gasteiger partial charge in [0.2, 0.25) is 5.91 Å². The summed E-state index contributed by atoms with van der Waals surface area (Å²) in [6.45, 7) is 1.64. The van der Waals surface area contributed by atoms with E-state index >= 15 is 0 Å². The molecule has 1 unspecified atom stereocenters. The van der Waals surface area contributed by atoms with E-state index in [9.17, 15) is 19.2 Å². The van der Waals surface area contributed by atoms with Crippen LogP contribution in [-0.4, -0.2) is 49.2 Å². The van der Waals surface area contributed by atoms with Gasteiger partial charge in [-0.05, 0) is 48.2 Å². The molecule has 5 rings (SSSR count). The molecular formula is C32H29N3O6S. The van der Waals surface area contributed by atoms with Crippen LogP contribution in [0, 0.1) is 6.92 Å². The monoisotopic (exact) mass is 583 g/mol. The Bertz CT molecular complexity index is 1630. The van der Waals surface area contributed by atoms with Crippen LogP contribution in [0.1, 0.15) is 32.4 Å². The molecule has 3 amide bonds. The van der Waals surface area contributed by atoms with Crippen LogP contribution >= 0.6 is 11.3 Å². The topological polar surface area (TPSA) is 105 Å². The van der Waals surface area contributed by atoms with Gasteiger partial charge in [-0.1, -0.05) is 48.0 Å². The zero-order valence-corrected chi connectivity index (χ0v) is 24.1. The van der Waals surface area contributed by atoms with Gasteiger partial charge in [0.25, 0.3) is 17.6 Å². The van der Waals surface area contributed by atoms with Crippen LogP contribution in [0.4, 0.5) is 11.4 Å². The minimum absolute atomic E-state index is 0.0898. The van der Waals surface area contributed by atoms with Crippen molar-refractivity contribution in [1.29, 1.82) is 0 Å². The molecule has 1 aliphatic heterocycles. The lowest BCUT2D eigenvalue weighted by molar-refractivity contribution is -0.138. The Morgan fingerprint density at radius 2 is 1.71 bits per heavy atom.